The van der Waals surface area contributed by atoms with Crippen LogP contribution in [0.4, 0.5) is 0 Å². The van der Waals surface area contributed by atoms with Gasteiger partial charge in [0.05, 0.1) is 32.0 Å². The SMILES string of the molecule is COc1cc(-c2[o+]c3cc(O)cc(O[C@@H]4OC(CO)[C@@H](O)[C@H](O)C4O)c3cc2O[C@@H]2OC(COC(=O)/C=C/c3ccc(O)cc3)[C@@H](O)C(O)C2O[C@@H]2OC(CO)[C@@H](O)C(O)[C@H]2O)ccc1O. The molecule has 0 aliphatic carbocycles. The van der Waals surface area contributed by atoms with Crippen LogP contribution in [0.2, 0.25) is 0 Å². The summed E-state index contributed by atoms with van der Waals surface area (Å²) in [7, 11) is 1.27. The summed E-state index contributed by atoms with van der Waals surface area (Å²) in [4.78, 5) is 12.8. The zero-order valence-corrected chi connectivity index (χ0v) is 34.6. The second-order valence-corrected chi connectivity index (χ2v) is 15.5. The van der Waals surface area contributed by atoms with Crippen LogP contribution in [-0.4, -0.2) is 191 Å². The van der Waals surface area contributed by atoms with E-state index >= 15 is 0 Å². The van der Waals surface area contributed by atoms with E-state index in [9.17, 15) is 71.2 Å². The lowest BCUT2D eigenvalue weighted by molar-refractivity contribution is -0.357. The van der Waals surface area contributed by atoms with Crippen molar-refractivity contribution >= 4 is 23.0 Å². The lowest BCUT2D eigenvalue weighted by atomic mass is 9.97. The van der Waals surface area contributed by atoms with Gasteiger partial charge in [-0.2, -0.15) is 0 Å². The molecule has 0 radical (unpaired) electrons. The van der Waals surface area contributed by atoms with Crippen molar-refractivity contribution in [2.24, 2.45) is 0 Å². The number of hydrogen-bond acceptors (Lipinski definition) is 22. The molecular formula is C43H49O23+. The fourth-order valence-electron chi connectivity index (χ4n) is 7.37. The predicted octanol–water partition coefficient (Wildman–Crippen LogP) is -2.05. The van der Waals surface area contributed by atoms with E-state index in [1.165, 1.54) is 61.7 Å². The van der Waals surface area contributed by atoms with Crippen molar-refractivity contribution in [2.45, 2.75) is 92.1 Å². The van der Waals surface area contributed by atoms with Gasteiger partial charge in [-0.1, -0.05) is 12.1 Å². The molecule has 4 heterocycles. The minimum Gasteiger partial charge on any atom is -0.508 e. The highest BCUT2D eigenvalue weighted by atomic mass is 16.8. The van der Waals surface area contributed by atoms with Crippen LogP contribution in [0.5, 0.6) is 34.5 Å². The van der Waals surface area contributed by atoms with E-state index in [2.05, 4.69) is 0 Å². The molecule has 0 bridgehead atoms. The normalized spacial score (nSPS) is 32.6. The average Bonchev–Trinajstić information content (AvgIpc) is 3.30. The number of esters is 1. The molecule has 7 rings (SSSR count). The van der Waals surface area contributed by atoms with Gasteiger partial charge in [0.25, 0.3) is 0 Å². The minimum atomic E-state index is -2.05. The number of phenols is 3. The molecule has 66 heavy (non-hydrogen) atoms. The van der Waals surface area contributed by atoms with Crippen LogP contribution in [0.1, 0.15) is 5.56 Å². The maximum Gasteiger partial charge on any atom is 0.402 e. The van der Waals surface area contributed by atoms with Gasteiger partial charge in [-0.25, -0.2) is 9.21 Å². The third kappa shape index (κ3) is 10.2. The van der Waals surface area contributed by atoms with Crippen LogP contribution in [0, 0.1) is 0 Å². The van der Waals surface area contributed by atoms with Gasteiger partial charge in [0.15, 0.2) is 23.9 Å². The maximum atomic E-state index is 12.8. The third-order valence-electron chi connectivity index (χ3n) is 11.1. The van der Waals surface area contributed by atoms with E-state index < -0.39 is 124 Å². The smallest absolute Gasteiger partial charge is 0.402 e. The van der Waals surface area contributed by atoms with Crippen molar-refractivity contribution in [1.82, 2.24) is 0 Å². The van der Waals surface area contributed by atoms with E-state index in [0.717, 1.165) is 18.2 Å². The van der Waals surface area contributed by atoms with Crippen molar-refractivity contribution in [2.75, 3.05) is 26.9 Å². The van der Waals surface area contributed by atoms with Crippen molar-refractivity contribution in [3.05, 3.63) is 72.3 Å². The molecule has 13 N–H and O–H groups in total. The van der Waals surface area contributed by atoms with Gasteiger partial charge in [-0.3, -0.25) is 0 Å². The molecule has 4 aromatic rings. The number of aliphatic hydroxyl groups is 10. The first-order chi connectivity index (χ1) is 31.5. The van der Waals surface area contributed by atoms with Gasteiger partial charge in [-0.05, 0) is 35.9 Å². The highest BCUT2D eigenvalue weighted by molar-refractivity contribution is 5.89. The molecule has 7 unspecified atom stereocenters. The highest BCUT2D eigenvalue weighted by Crippen LogP contribution is 2.44. The summed E-state index contributed by atoms with van der Waals surface area (Å²) >= 11 is 0. The Bertz CT molecular complexity index is 2320. The van der Waals surface area contributed by atoms with E-state index in [1.807, 2.05) is 0 Å². The fourth-order valence-corrected chi connectivity index (χ4v) is 7.37. The number of rotatable bonds is 14. The van der Waals surface area contributed by atoms with E-state index in [4.69, 9.17) is 42.3 Å². The Morgan fingerprint density at radius 3 is 1.89 bits per heavy atom. The Kier molecular flexibility index (Phi) is 15.1. The van der Waals surface area contributed by atoms with Gasteiger partial charge >= 0.3 is 17.3 Å². The largest absolute Gasteiger partial charge is 0.508 e. The van der Waals surface area contributed by atoms with Crippen LogP contribution < -0.4 is 14.2 Å². The van der Waals surface area contributed by atoms with Gasteiger partial charge in [0.2, 0.25) is 18.3 Å². The van der Waals surface area contributed by atoms with E-state index in [1.54, 1.807) is 0 Å². The van der Waals surface area contributed by atoms with Crippen molar-refractivity contribution in [1.29, 1.82) is 0 Å². The van der Waals surface area contributed by atoms with Crippen LogP contribution >= 0.6 is 0 Å². The molecule has 3 aromatic carbocycles. The minimum absolute atomic E-state index is 0.00394. The monoisotopic (exact) mass is 933 g/mol. The molecule has 3 saturated heterocycles. The second-order valence-electron chi connectivity index (χ2n) is 15.5. The Hall–Kier alpha value is -5.48. The molecule has 0 saturated carbocycles. The zero-order chi connectivity index (χ0) is 47.6. The van der Waals surface area contributed by atoms with Gasteiger partial charge in [0.1, 0.15) is 96.4 Å². The highest BCUT2D eigenvalue weighted by Gasteiger charge is 2.52. The molecule has 15 atom stereocenters. The first-order valence-electron chi connectivity index (χ1n) is 20.3. The van der Waals surface area contributed by atoms with E-state index in [0.29, 0.717) is 5.56 Å². The van der Waals surface area contributed by atoms with Crippen LogP contribution in [0.3, 0.4) is 0 Å². The summed E-state index contributed by atoms with van der Waals surface area (Å²) < 4.78 is 52.2. The molecular weight excluding hydrogens is 884 g/mol. The summed E-state index contributed by atoms with van der Waals surface area (Å²) in [6.07, 6.45) is -24.8. The lowest BCUT2D eigenvalue weighted by Crippen LogP contribution is -2.65. The third-order valence-corrected chi connectivity index (χ3v) is 11.1. The average molecular weight is 934 g/mol. The molecule has 0 amide bonds. The molecule has 3 aliphatic heterocycles. The Labute approximate surface area is 373 Å². The molecule has 1 aromatic heterocycles. The van der Waals surface area contributed by atoms with E-state index in [-0.39, 0.29) is 51.0 Å². The van der Waals surface area contributed by atoms with Gasteiger partial charge in [-0.15, -0.1) is 0 Å². The van der Waals surface area contributed by atoms with Crippen LogP contribution in [-0.2, 0) is 28.5 Å². The lowest BCUT2D eigenvalue weighted by Gasteiger charge is -2.45. The molecule has 358 valence electrons. The molecule has 3 aliphatic rings. The number of carbonyl (C=O) groups excluding carboxylic acids is 1. The quantitative estimate of drug-likeness (QED) is 0.0368. The standard InChI is InChI=1S/C43H48O23/c1-58-25-10-18(5-8-22(25)48)39-26(13-21-23(60-39)11-20(47)12-24(21)61-41-37(56)34(53)31(50)27(14-44)63-41)62-43-40(66-42-38(57)35(54)32(51)28(15-45)64-42)36(55)33(52)29(65-43)16-59-30(49)9-4-17-2-6-19(46)7-3-17/h2-13,27-29,31-38,40-45,50-57H,14-16H2,1H3,(H2-,46,47,48,49)/p+1/t27?,28?,29?,31-,32-,33-,34+,35?,36?,37?,38-,40?,41-,42+,43-/m1/s1. The number of aliphatic hydroxyl groups excluding tert-OH is 10. The number of ether oxygens (including phenoxy) is 8. The summed E-state index contributed by atoms with van der Waals surface area (Å²) in [6.45, 7) is -2.36. The number of benzene rings is 3. The Balaban J connectivity index is 1.29. The number of carbonyl (C=O) groups is 1. The van der Waals surface area contributed by atoms with Crippen LogP contribution in [0.25, 0.3) is 28.4 Å². The summed E-state index contributed by atoms with van der Waals surface area (Å²) in [6, 6.07) is 13.3. The first kappa shape index (κ1) is 48.5. The van der Waals surface area contributed by atoms with Gasteiger partial charge in [0, 0.05) is 24.3 Å². The Morgan fingerprint density at radius 2 is 1.24 bits per heavy atom. The zero-order valence-electron chi connectivity index (χ0n) is 34.6. The number of fused-ring (bicyclic) bond motifs is 1. The summed E-state index contributed by atoms with van der Waals surface area (Å²) in [5.74, 6) is -2.54. The molecule has 23 nitrogen and oxygen atoms in total. The van der Waals surface area contributed by atoms with Crippen molar-refractivity contribution < 1.29 is 113 Å². The second kappa shape index (κ2) is 20.6. The topological polar surface area (TPSA) is 365 Å². The summed E-state index contributed by atoms with van der Waals surface area (Å²) in [5, 5.41) is 137. The van der Waals surface area contributed by atoms with Gasteiger partial charge < -0.3 is 104 Å². The number of aromatic hydroxyl groups is 3. The number of methoxy groups -OCH3 is 1. The van der Waals surface area contributed by atoms with Crippen molar-refractivity contribution in [3.8, 4) is 45.8 Å². The van der Waals surface area contributed by atoms with Crippen LogP contribution in [0.15, 0.2) is 71.2 Å². The molecule has 3 fully saturated rings. The number of phenolic OH excluding ortho intramolecular Hbond substituents is 3. The predicted molar refractivity (Wildman–Crippen MR) is 218 cm³/mol. The summed E-state index contributed by atoms with van der Waals surface area (Å²) in [5.41, 5.74) is 0.522. The molecule has 23 heteroatoms. The number of hydrogen-bond donors (Lipinski definition) is 13. The van der Waals surface area contributed by atoms with Crippen molar-refractivity contribution in [3.63, 3.8) is 0 Å². The Morgan fingerprint density at radius 1 is 0.636 bits per heavy atom. The maximum absolute atomic E-state index is 12.8. The first-order valence-corrected chi connectivity index (χ1v) is 20.3. The molecule has 0 spiro atoms. The fraction of sp³-hybridized carbons (Fsp3) is 0.442.